The molecular formula is C88H54N4. The number of hydrogen-bond donors (Lipinski definition) is 0. The predicted molar refractivity (Wildman–Crippen MR) is 387 cm³/mol. The van der Waals surface area contributed by atoms with Crippen molar-refractivity contribution < 1.29 is 0 Å². The van der Waals surface area contributed by atoms with Gasteiger partial charge in [-0.15, -0.1) is 0 Å². The van der Waals surface area contributed by atoms with Gasteiger partial charge in [0, 0.05) is 63.0 Å². The van der Waals surface area contributed by atoms with Gasteiger partial charge in [-0.1, -0.05) is 200 Å². The Kier molecular flexibility index (Phi) is 12.5. The number of benzene rings is 14. The first kappa shape index (κ1) is 52.8. The SMILES string of the molecule is c1cc(-c2ccc3ncccc3c2)cc(-c2ccc3c(ccc4cc(-c5cccc(-c6ccc7ncccc7c6)c5)c(-c5cnc6c(-c7cccc(-c8ccc9c(ccc%10ccc(-c%11cccc(-c%12cccc%13cccnc%12%13)c%11)cc%109)c8)c7)cccc6c5)cc43)c2)c1. The van der Waals surface area contributed by atoms with Crippen LogP contribution in [-0.4, -0.2) is 19.9 Å². The first-order chi connectivity index (χ1) is 45.5. The van der Waals surface area contributed by atoms with Crippen molar-refractivity contribution in [2.75, 3.05) is 0 Å². The molecule has 0 amide bonds. The lowest BCUT2D eigenvalue weighted by molar-refractivity contribution is 1.41. The number of rotatable bonds is 9. The highest BCUT2D eigenvalue weighted by Crippen LogP contribution is 2.43. The van der Waals surface area contributed by atoms with E-state index in [1.54, 1.807) is 0 Å². The fourth-order valence-corrected chi connectivity index (χ4v) is 14.1. The molecule has 18 rings (SSSR count). The first-order valence-electron chi connectivity index (χ1n) is 31.3. The zero-order chi connectivity index (χ0) is 60.6. The van der Waals surface area contributed by atoms with Gasteiger partial charge in [-0.2, -0.15) is 0 Å². The molecule has 4 aromatic heterocycles. The maximum atomic E-state index is 5.42. The molecule has 0 radical (unpaired) electrons. The van der Waals surface area contributed by atoms with E-state index < -0.39 is 0 Å². The van der Waals surface area contributed by atoms with Gasteiger partial charge in [-0.3, -0.25) is 19.9 Å². The summed E-state index contributed by atoms with van der Waals surface area (Å²) in [5.41, 5.74) is 24.6. The summed E-state index contributed by atoms with van der Waals surface area (Å²) in [5, 5.41) is 14.1. The van der Waals surface area contributed by atoms with Gasteiger partial charge in [0.2, 0.25) is 0 Å². The van der Waals surface area contributed by atoms with Crippen LogP contribution in [0.3, 0.4) is 0 Å². The molecule has 0 saturated heterocycles. The van der Waals surface area contributed by atoms with Crippen LogP contribution in [0.5, 0.6) is 0 Å². The molecule has 14 aromatic carbocycles. The van der Waals surface area contributed by atoms with E-state index in [-0.39, 0.29) is 0 Å². The summed E-state index contributed by atoms with van der Waals surface area (Å²) in [7, 11) is 0. The van der Waals surface area contributed by atoms with Gasteiger partial charge < -0.3 is 0 Å². The second-order valence-corrected chi connectivity index (χ2v) is 24.2. The van der Waals surface area contributed by atoms with Gasteiger partial charge in [-0.25, -0.2) is 0 Å². The van der Waals surface area contributed by atoms with Crippen LogP contribution >= 0.6 is 0 Å². The molecule has 92 heavy (non-hydrogen) atoms. The summed E-state index contributed by atoms with van der Waals surface area (Å²) in [5.74, 6) is 0. The van der Waals surface area contributed by atoms with E-state index in [4.69, 9.17) is 9.97 Å². The number of hydrogen-bond acceptors (Lipinski definition) is 4. The molecule has 0 bridgehead atoms. The molecule has 0 N–H and O–H groups in total. The van der Waals surface area contributed by atoms with Crippen molar-refractivity contribution in [1.82, 2.24) is 19.9 Å². The number of pyridine rings is 4. The lowest BCUT2D eigenvalue weighted by atomic mass is 9.88. The lowest BCUT2D eigenvalue weighted by Gasteiger charge is -2.16. The van der Waals surface area contributed by atoms with Crippen molar-refractivity contribution in [3.05, 3.63) is 328 Å². The maximum absolute atomic E-state index is 5.42. The maximum Gasteiger partial charge on any atom is 0.0780 e. The molecule has 0 aliphatic carbocycles. The fraction of sp³-hybridized carbons (Fsp3) is 0. The van der Waals surface area contributed by atoms with Gasteiger partial charge in [0.1, 0.15) is 0 Å². The molecular weight excluding hydrogens is 1110 g/mol. The van der Waals surface area contributed by atoms with Gasteiger partial charge in [-0.05, 0) is 230 Å². The molecule has 4 heterocycles. The topological polar surface area (TPSA) is 51.6 Å². The smallest absolute Gasteiger partial charge is 0.0780 e. The van der Waals surface area contributed by atoms with Gasteiger partial charge in [0.05, 0.1) is 22.1 Å². The van der Waals surface area contributed by atoms with Gasteiger partial charge in [0.25, 0.3) is 0 Å². The van der Waals surface area contributed by atoms with Crippen LogP contribution in [0.15, 0.2) is 328 Å². The molecule has 4 nitrogen and oxygen atoms in total. The largest absolute Gasteiger partial charge is 0.256 e. The van der Waals surface area contributed by atoms with Crippen molar-refractivity contribution >= 4 is 86.7 Å². The number of fused-ring (bicyclic) bond motifs is 10. The van der Waals surface area contributed by atoms with Crippen LogP contribution in [0.25, 0.3) is 187 Å². The molecule has 4 heteroatoms. The van der Waals surface area contributed by atoms with Crippen molar-refractivity contribution in [3.63, 3.8) is 0 Å². The molecule has 0 aliphatic rings. The second kappa shape index (κ2) is 21.8. The summed E-state index contributed by atoms with van der Waals surface area (Å²) in [4.78, 5) is 19.3. The molecule has 0 aliphatic heterocycles. The third-order valence-corrected chi connectivity index (χ3v) is 18.7. The van der Waals surface area contributed by atoms with Crippen LogP contribution in [0.2, 0.25) is 0 Å². The predicted octanol–water partition coefficient (Wildman–Crippen LogP) is 23.5. The van der Waals surface area contributed by atoms with Gasteiger partial charge >= 0.3 is 0 Å². The standard InChI is InChI=1S/C88H54N4/c1-11-57(42-58(12-1)64-33-37-85-73(48-64)21-8-39-89-85)62-32-36-78-71(46-62)29-30-72-52-82(69-18-4-14-60(45-69)65-34-38-86-74(49-65)22-9-40-90-86)84(53-83(72)78)76-50-75-19-6-24-80(88(75)92-54-76)68-17-2-13-59(43-68)63-31-35-77-70(47-63)28-26-55-25-27-66(51-81(55)77)61-15-3-16-67(44-61)79-23-5-10-56-20-7-41-91-87(56)79/h1-54H. The van der Waals surface area contributed by atoms with E-state index in [2.05, 4.69) is 301 Å². The lowest BCUT2D eigenvalue weighted by Crippen LogP contribution is -1.92. The quantitative estimate of drug-likeness (QED) is 0.135. The Balaban J connectivity index is 0.703. The minimum absolute atomic E-state index is 0.961. The van der Waals surface area contributed by atoms with Crippen molar-refractivity contribution in [3.8, 4) is 100 Å². The summed E-state index contributed by atoms with van der Waals surface area (Å²) < 4.78 is 0. The Bertz CT molecular complexity index is 6040. The highest BCUT2D eigenvalue weighted by Gasteiger charge is 2.18. The van der Waals surface area contributed by atoms with Crippen LogP contribution in [0.4, 0.5) is 0 Å². The Morgan fingerprint density at radius 1 is 0.163 bits per heavy atom. The molecule has 18 aromatic rings. The van der Waals surface area contributed by atoms with Crippen molar-refractivity contribution in [2.24, 2.45) is 0 Å². The zero-order valence-electron chi connectivity index (χ0n) is 50.0. The normalized spacial score (nSPS) is 11.7. The Hall–Kier alpha value is -12.2. The van der Waals surface area contributed by atoms with E-state index in [0.717, 1.165) is 105 Å². The number of nitrogens with zero attached hydrogens (tertiary/aromatic N) is 4. The van der Waals surface area contributed by atoms with E-state index in [1.807, 2.05) is 36.8 Å². The highest BCUT2D eigenvalue weighted by atomic mass is 14.7. The van der Waals surface area contributed by atoms with Crippen molar-refractivity contribution in [2.45, 2.75) is 0 Å². The van der Waals surface area contributed by atoms with Crippen LogP contribution in [0, 0.1) is 0 Å². The average Bonchev–Trinajstić information content (AvgIpc) is 0.917. The summed E-state index contributed by atoms with van der Waals surface area (Å²) in [6.07, 6.45) is 7.66. The van der Waals surface area contributed by atoms with Crippen molar-refractivity contribution in [1.29, 1.82) is 0 Å². The van der Waals surface area contributed by atoms with Gasteiger partial charge in [0.15, 0.2) is 0 Å². The minimum Gasteiger partial charge on any atom is -0.256 e. The first-order valence-corrected chi connectivity index (χ1v) is 31.3. The second-order valence-electron chi connectivity index (χ2n) is 24.2. The van der Waals surface area contributed by atoms with E-state index in [9.17, 15) is 0 Å². The number of aromatic nitrogens is 4. The molecule has 426 valence electrons. The molecule has 0 spiro atoms. The molecule has 0 fully saturated rings. The van der Waals surface area contributed by atoms with E-state index >= 15 is 0 Å². The Labute approximate surface area is 531 Å². The summed E-state index contributed by atoms with van der Waals surface area (Å²) >= 11 is 0. The third kappa shape index (κ3) is 9.40. The molecule has 0 atom stereocenters. The molecule has 0 saturated carbocycles. The summed E-state index contributed by atoms with van der Waals surface area (Å²) in [6.45, 7) is 0. The highest BCUT2D eigenvalue weighted by molar-refractivity contribution is 6.13. The monoisotopic (exact) mass is 1170 g/mol. The third-order valence-electron chi connectivity index (χ3n) is 18.7. The zero-order valence-corrected chi connectivity index (χ0v) is 50.0. The fourth-order valence-electron chi connectivity index (χ4n) is 14.1. The van der Waals surface area contributed by atoms with Crippen LogP contribution in [-0.2, 0) is 0 Å². The van der Waals surface area contributed by atoms with Crippen LogP contribution in [0.1, 0.15) is 0 Å². The number of para-hydroxylation sites is 2. The Morgan fingerprint density at radius 2 is 0.522 bits per heavy atom. The Morgan fingerprint density at radius 3 is 1.10 bits per heavy atom. The van der Waals surface area contributed by atoms with E-state index in [0.29, 0.717) is 0 Å². The molecule has 0 unspecified atom stereocenters. The minimum atomic E-state index is 0.961. The van der Waals surface area contributed by atoms with E-state index in [1.165, 1.54) is 82.0 Å². The summed E-state index contributed by atoms with van der Waals surface area (Å²) in [6, 6.07) is 111. The average molecular weight is 1170 g/mol. The van der Waals surface area contributed by atoms with Crippen LogP contribution < -0.4 is 0 Å².